The maximum absolute atomic E-state index is 13.8. The number of halogens is 1. The van der Waals surface area contributed by atoms with Gasteiger partial charge in [0.2, 0.25) is 5.91 Å². The summed E-state index contributed by atoms with van der Waals surface area (Å²) in [4.78, 5) is 25.3. The summed E-state index contributed by atoms with van der Waals surface area (Å²) in [5, 5.41) is 2.93. The van der Waals surface area contributed by atoms with E-state index < -0.39 is 5.82 Å². The number of nitrogens with one attached hydrogen (secondary N) is 1. The molecule has 4 aromatic rings. The number of amides is 1. The van der Waals surface area contributed by atoms with Crippen LogP contribution >= 0.6 is 0 Å². The van der Waals surface area contributed by atoms with Crippen LogP contribution < -0.4 is 10.9 Å². The summed E-state index contributed by atoms with van der Waals surface area (Å²) in [6.07, 6.45) is 2.53. The zero-order valence-corrected chi connectivity index (χ0v) is 16.4. The third-order valence-electron chi connectivity index (χ3n) is 5.15. The van der Waals surface area contributed by atoms with E-state index in [1.54, 1.807) is 33.4 Å². The van der Waals surface area contributed by atoms with E-state index in [4.69, 9.17) is 0 Å². The van der Waals surface area contributed by atoms with Crippen molar-refractivity contribution in [2.75, 3.05) is 5.32 Å². The largest absolute Gasteiger partial charge is 0.326 e. The summed E-state index contributed by atoms with van der Waals surface area (Å²) < 4.78 is 17.2. The average Bonchev–Trinajstić information content (AvgIpc) is 3.17. The predicted octanol–water partition coefficient (Wildman–Crippen LogP) is 4.43. The van der Waals surface area contributed by atoms with Crippen LogP contribution in [0.3, 0.4) is 0 Å². The van der Waals surface area contributed by atoms with Gasteiger partial charge in [-0.05, 0) is 67.8 Å². The quantitative estimate of drug-likeness (QED) is 0.547. The standard InChI is InChI=1S/C23H22FN3O2/c1-15-7-8-16(2)18(13-15)25-22(28)6-4-12-27-21-14-17(24)9-10-19(21)26-11-3-5-20(26)23(27)29/h3,5,7-11,13-14H,4,6,12H2,1-2H3,(H,25,28). The fraction of sp³-hybridized carbons (Fsp3) is 0.217. The first-order valence-electron chi connectivity index (χ1n) is 9.60. The summed E-state index contributed by atoms with van der Waals surface area (Å²) in [6.45, 7) is 4.26. The van der Waals surface area contributed by atoms with Crippen LogP contribution in [0.25, 0.3) is 16.6 Å². The maximum atomic E-state index is 13.8. The Hall–Kier alpha value is -3.41. The van der Waals surface area contributed by atoms with Crippen LogP contribution in [0.2, 0.25) is 0 Å². The minimum absolute atomic E-state index is 0.106. The van der Waals surface area contributed by atoms with Gasteiger partial charge in [-0.2, -0.15) is 0 Å². The zero-order valence-electron chi connectivity index (χ0n) is 16.4. The first kappa shape index (κ1) is 18.9. The Bertz CT molecular complexity index is 1290. The molecule has 0 unspecified atom stereocenters. The Kier molecular flexibility index (Phi) is 4.92. The van der Waals surface area contributed by atoms with Gasteiger partial charge in [-0.15, -0.1) is 0 Å². The van der Waals surface area contributed by atoms with E-state index >= 15 is 0 Å². The molecule has 29 heavy (non-hydrogen) atoms. The Morgan fingerprint density at radius 2 is 1.86 bits per heavy atom. The van der Waals surface area contributed by atoms with E-state index in [1.165, 1.54) is 12.1 Å². The average molecular weight is 391 g/mol. The number of fused-ring (bicyclic) bond motifs is 3. The number of hydrogen-bond acceptors (Lipinski definition) is 2. The van der Waals surface area contributed by atoms with Crippen LogP contribution in [0, 0.1) is 19.7 Å². The SMILES string of the molecule is Cc1ccc(C)c(NC(=O)CCCn2c(=O)c3cccn3c3ccc(F)cc32)c1. The van der Waals surface area contributed by atoms with Gasteiger partial charge in [0.05, 0.1) is 11.0 Å². The number of aromatic nitrogens is 2. The fourth-order valence-corrected chi connectivity index (χ4v) is 3.63. The molecule has 0 aliphatic heterocycles. The fourth-order valence-electron chi connectivity index (χ4n) is 3.63. The molecule has 4 rings (SSSR count). The van der Waals surface area contributed by atoms with Gasteiger partial charge >= 0.3 is 0 Å². The van der Waals surface area contributed by atoms with Crippen LogP contribution in [0.1, 0.15) is 24.0 Å². The normalized spacial score (nSPS) is 11.3. The third kappa shape index (κ3) is 3.66. The van der Waals surface area contributed by atoms with Gasteiger partial charge in [0.1, 0.15) is 11.3 Å². The van der Waals surface area contributed by atoms with Crippen molar-refractivity contribution in [1.82, 2.24) is 8.97 Å². The summed E-state index contributed by atoms with van der Waals surface area (Å²) in [7, 11) is 0. The minimum atomic E-state index is -0.398. The van der Waals surface area contributed by atoms with Gasteiger partial charge in [0, 0.05) is 24.8 Å². The van der Waals surface area contributed by atoms with Crippen molar-refractivity contribution in [2.45, 2.75) is 33.2 Å². The number of rotatable bonds is 5. The molecule has 0 aliphatic rings. The molecule has 0 fully saturated rings. The van der Waals surface area contributed by atoms with Crippen molar-refractivity contribution < 1.29 is 9.18 Å². The monoisotopic (exact) mass is 391 g/mol. The van der Waals surface area contributed by atoms with E-state index in [0.29, 0.717) is 24.0 Å². The molecule has 0 radical (unpaired) electrons. The molecular formula is C23H22FN3O2. The van der Waals surface area contributed by atoms with E-state index in [0.717, 1.165) is 22.3 Å². The first-order valence-corrected chi connectivity index (χ1v) is 9.60. The van der Waals surface area contributed by atoms with E-state index in [9.17, 15) is 14.0 Å². The zero-order chi connectivity index (χ0) is 20.5. The minimum Gasteiger partial charge on any atom is -0.326 e. The van der Waals surface area contributed by atoms with Gasteiger partial charge in [0.25, 0.3) is 5.56 Å². The van der Waals surface area contributed by atoms with Crippen molar-refractivity contribution in [3.8, 4) is 0 Å². The molecule has 1 N–H and O–H groups in total. The van der Waals surface area contributed by atoms with Crippen LogP contribution in [0.4, 0.5) is 10.1 Å². The summed E-state index contributed by atoms with van der Waals surface area (Å²) in [5.74, 6) is -0.504. The van der Waals surface area contributed by atoms with Gasteiger partial charge in [-0.3, -0.25) is 9.59 Å². The summed E-state index contributed by atoms with van der Waals surface area (Å²) >= 11 is 0. The second-order valence-electron chi connectivity index (χ2n) is 7.32. The lowest BCUT2D eigenvalue weighted by molar-refractivity contribution is -0.116. The molecule has 0 saturated carbocycles. The number of aryl methyl sites for hydroxylation is 3. The summed E-state index contributed by atoms with van der Waals surface area (Å²) in [6, 6.07) is 13.9. The van der Waals surface area contributed by atoms with Crippen molar-refractivity contribution in [3.63, 3.8) is 0 Å². The molecule has 0 atom stereocenters. The molecule has 6 heteroatoms. The second kappa shape index (κ2) is 7.54. The third-order valence-corrected chi connectivity index (χ3v) is 5.15. The van der Waals surface area contributed by atoms with Crippen LogP contribution in [0.5, 0.6) is 0 Å². The van der Waals surface area contributed by atoms with E-state index in [-0.39, 0.29) is 17.9 Å². The van der Waals surface area contributed by atoms with Gasteiger partial charge in [0.15, 0.2) is 0 Å². The Labute approximate surface area is 167 Å². The number of benzene rings is 2. The number of hydrogen-bond donors (Lipinski definition) is 1. The smallest absolute Gasteiger partial charge is 0.275 e. The Morgan fingerprint density at radius 1 is 1.03 bits per heavy atom. The predicted molar refractivity (Wildman–Crippen MR) is 113 cm³/mol. The van der Waals surface area contributed by atoms with Crippen LogP contribution in [0.15, 0.2) is 59.5 Å². The maximum Gasteiger partial charge on any atom is 0.275 e. The molecule has 2 aromatic carbocycles. The van der Waals surface area contributed by atoms with Crippen molar-refractivity contribution in [1.29, 1.82) is 0 Å². The van der Waals surface area contributed by atoms with Crippen molar-refractivity contribution in [3.05, 3.63) is 82.0 Å². The highest BCUT2D eigenvalue weighted by molar-refractivity contribution is 5.91. The van der Waals surface area contributed by atoms with E-state index in [2.05, 4.69) is 5.32 Å². The molecule has 0 saturated heterocycles. The molecule has 1 amide bonds. The molecule has 0 aliphatic carbocycles. The highest BCUT2D eigenvalue weighted by atomic mass is 19.1. The second-order valence-corrected chi connectivity index (χ2v) is 7.32. The van der Waals surface area contributed by atoms with E-state index in [1.807, 2.05) is 32.0 Å². The Balaban J connectivity index is 1.55. The highest BCUT2D eigenvalue weighted by Crippen LogP contribution is 2.19. The molecular weight excluding hydrogens is 369 g/mol. The van der Waals surface area contributed by atoms with Gasteiger partial charge in [-0.1, -0.05) is 12.1 Å². The summed E-state index contributed by atoms with van der Waals surface area (Å²) in [5.41, 5.74) is 4.49. The molecule has 2 aromatic heterocycles. The molecule has 148 valence electrons. The highest BCUT2D eigenvalue weighted by Gasteiger charge is 2.12. The number of nitrogens with zero attached hydrogens (tertiary/aromatic N) is 2. The topological polar surface area (TPSA) is 55.5 Å². The molecule has 5 nitrogen and oxygen atoms in total. The van der Waals surface area contributed by atoms with Crippen molar-refractivity contribution >= 4 is 28.1 Å². The number of carbonyl (C=O) groups is 1. The van der Waals surface area contributed by atoms with Crippen molar-refractivity contribution in [2.24, 2.45) is 0 Å². The molecule has 2 heterocycles. The van der Waals surface area contributed by atoms with Crippen LogP contribution in [-0.2, 0) is 11.3 Å². The van der Waals surface area contributed by atoms with Gasteiger partial charge in [-0.25, -0.2) is 4.39 Å². The lowest BCUT2D eigenvalue weighted by Gasteiger charge is -2.13. The van der Waals surface area contributed by atoms with Crippen LogP contribution in [-0.4, -0.2) is 14.9 Å². The molecule has 0 bridgehead atoms. The Morgan fingerprint density at radius 3 is 2.69 bits per heavy atom. The molecule has 0 spiro atoms. The number of carbonyl (C=O) groups excluding carboxylic acids is 1. The van der Waals surface area contributed by atoms with Gasteiger partial charge < -0.3 is 14.3 Å². The number of anilines is 1. The lowest BCUT2D eigenvalue weighted by atomic mass is 10.1. The first-order chi connectivity index (χ1) is 13.9. The lowest BCUT2D eigenvalue weighted by Crippen LogP contribution is -2.23.